The highest BCUT2D eigenvalue weighted by atomic mass is 19.2. The second-order valence-electron chi connectivity index (χ2n) is 8.73. The zero-order valence-electron chi connectivity index (χ0n) is 18.1. The third kappa shape index (κ3) is 6.86. The van der Waals surface area contributed by atoms with Crippen molar-refractivity contribution in [3.8, 4) is 11.8 Å². The van der Waals surface area contributed by atoms with Crippen molar-refractivity contribution in [1.82, 2.24) is 0 Å². The Morgan fingerprint density at radius 2 is 1.39 bits per heavy atom. The molecule has 0 N–H and O–H groups in total. The van der Waals surface area contributed by atoms with Crippen LogP contribution in [-0.4, -0.2) is 0 Å². The Bertz CT molecular complexity index is 907. The van der Waals surface area contributed by atoms with Crippen LogP contribution in [-0.2, 0) is 6.42 Å². The minimum atomic E-state index is -1.04. The molecule has 2 aromatic carbocycles. The van der Waals surface area contributed by atoms with E-state index in [-0.39, 0.29) is 11.1 Å². The van der Waals surface area contributed by atoms with Crippen LogP contribution in [0.2, 0.25) is 0 Å². The van der Waals surface area contributed by atoms with Crippen LogP contribution >= 0.6 is 0 Å². The molecule has 0 amide bonds. The third-order valence-electron chi connectivity index (χ3n) is 6.38. The van der Waals surface area contributed by atoms with E-state index in [1.807, 2.05) is 0 Å². The summed E-state index contributed by atoms with van der Waals surface area (Å²) in [6.45, 7) is 2.23. The summed E-state index contributed by atoms with van der Waals surface area (Å²) in [7, 11) is 0. The van der Waals surface area contributed by atoms with Crippen LogP contribution in [0, 0.1) is 46.9 Å². The molecule has 1 aliphatic carbocycles. The molecule has 1 fully saturated rings. The summed E-state index contributed by atoms with van der Waals surface area (Å²) in [5.74, 6) is 2.92. The van der Waals surface area contributed by atoms with E-state index in [9.17, 15) is 17.6 Å². The highest BCUT2D eigenvalue weighted by Gasteiger charge is 2.21. The largest absolute Gasteiger partial charge is 0.206 e. The molecule has 0 atom stereocenters. The normalized spacial score (nSPS) is 18.5. The number of unbranched alkanes of at least 4 members (excludes halogenated alkanes) is 2. The summed E-state index contributed by atoms with van der Waals surface area (Å²) in [5.41, 5.74) is 0.451. The maximum Gasteiger partial charge on any atom is 0.160 e. The van der Waals surface area contributed by atoms with Gasteiger partial charge >= 0.3 is 0 Å². The molecule has 4 heteroatoms. The first-order chi connectivity index (χ1) is 15.0. The molecule has 0 unspecified atom stereocenters. The molecule has 31 heavy (non-hydrogen) atoms. The van der Waals surface area contributed by atoms with Crippen molar-refractivity contribution >= 4 is 0 Å². The maximum absolute atomic E-state index is 14.4. The number of hydrogen-bond donors (Lipinski definition) is 0. The lowest BCUT2D eigenvalue weighted by molar-refractivity contribution is 0.249. The average Bonchev–Trinajstić information content (AvgIpc) is 2.75. The van der Waals surface area contributed by atoms with Crippen molar-refractivity contribution in [1.29, 1.82) is 0 Å². The van der Waals surface area contributed by atoms with E-state index in [1.54, 1.807) is 0 Å². The van der Waals surface area contributed by atoms with E-state index in [0.29, 0.717) is 17.9 Å². The fourth-order valence-electron chi connectivity index (χ4n) is 4.46. The smallest absolute Gasteiger partial charge is 0.160 e. The molecule has 0 bridgehead atoms. The standard InChI is InChI=1S/C27H30F4/c1-2-3-4-5-19-6-8-20(9-7-19)10-11-22-17-25(29)23(26(30)18-22)14-12-21-13-15-24(28)27(31)16-21/h13,15-20H,2-11H2,1H3/t19-,20-. The molecule has 0 heterocycles. The van der Waals surface area contributed by atoms with Gasteiger partial charge in [-0.3, -0.25) is 0 Å². The number of rotatable bonds is 7. The van der Waals surface area contributed by atoms with Gasteiger partial charge in [0.25, 0.3) is 0 Å². The van der Waals surface area contributed by atoms with E-state index in [0.717, 1.165) is 24.5 Å². The molecular weight excluding hydrogens is 400 g/mol. The highest BCUT2D eigenvalue weighted by Crippen LogP contribution is 2.34. The Balaban J connectivity index is 1.55. The Kier molecular flexibility index (Phi) is 8.58. The average molecular weight is 431 g/mol. The van der Waals surface area contributed by atoms with Crippen molar-refractivity contribution in [2.75, 3.05) is 0 Å². The van der Waals surface area contributed by atoms with Crippen LogP contribution < -0.4 is 0 Å². The predicted molar refractivity (Wildman–Crippen MR) is 117 cm³/mol. The van der Waals surface area contributed by atoms with Crippen molar-refractivity contribution in [3.63, 3.8) is 0 Å². The first kappa shape index (κ1) is 23.4. The van der Waals surface area contributed by atoms with Crippen LogP contribution in [0.1, 0.15) is 81.4 Å². The summed E-state index contributed by atoms with van der Waals surface area (Å²) < 4.78 is 55.1. The second kappa shape index (κ2) is 11.4. The Labute approximate surface area is 183 Å². The van der Waals surface area contributed by atoms with Gasteiger partial charge in [-0.1, -0.05) is 70.1 Å². The van der Waals surface area contributed by atoms with Gasteiger partial charge in [0.15, 0.2) is 11.6 Å². The first-order valence-corrected chi connectivity index (χ1v) is 11.4. The lowest BCUT2D eigenvalue weighted by Gasteiger charge is -2.28. The summed E-state index contributed by atoms with van der Waals surface area (Å²) in [6.07, 6.45) is 11.8. The van der Waals surface area contributed by atoms with Gasteiger partial charge in [-0.05, 0) is 60.6 Å². The van der Waals surface area contributed by atoms with E-state index in [4.69, 9.17) is 0 Å². The van der Waals surface area contributed by atoms with E-state index in [1.165, 1.54) is 69.6 Å². The summed E-state index contributed by atoms with van der Waals surface area (Å²) >= 11 is 0. The van der Waals surface area contributed by atoms with Gasteiger partial charge in [-0.2, -0.15) is 0 Å². The van der Waals surface area contributed by atoms with Crippen molar-refractivity contribution in [2.45, 2.75) is 71.1 Å². The number of benzene rings is 2. The highest BCUT2D eigenvalue weighted by molar-refractivity contribution is 5.45. The Morgan fingerprint density at radius 3 is 2.00 bits per heavy atom. The molecule has 0 aliphatic heterocycles. The molecule has 1 saturated carbocycles. The third-order valence-corrected chi connectivity index (χ3v) is 6.38. The molecule has 0 radical (unpaired) electrons. The van der Waals surface area contributed by atoms with Gasteiger partial charge in [-0.15, -0.1) is 0 Å². The van der Waals surface area contributed by atoms with Gasteiger partial charge in [0.05, 0.1) is 5.56 Å². The molecular formula is C27H30F4. The summed E-state index contributed by atoms with van der Waals surface area (Å²) in [4.78, 5) is 0. The van der Waals surface area contributed by atoms with Gasteiger partial charge in [0.1, 0.15) is 11.6 Å². The van der Waals surface area contributed by atoms with Crippen LogP contribution in [0.3, 0.4) is 0 Å². The van der Waals surface area contributed by atoms with Gasteiger partial charge in [0.2, 0.25) is 0 Å². The van der Waals surface area contributed by atoms with Crippen LogP contribution in [0.4, 0.5) is 17.6 Å². The predicted octanol–water partition coefficient (Wildman–Crippen LogP) is 7.96. The molecule has 166 valence electrons. The monoisotopic (exact) mass is 430 g/mol. The quantitative estimate of drug-likeness (QED) is 0.237. The number of halogens is 4. The molecule has 0 aromatic heterocycles. The maximum atomic E-state index is 14.4. The van der Waals surface area contributed by atoms with E-state index < -0.39 is 23.3 Å². The van der Waals surface area contributed by atoms with Crippen LogP contribution in [0.25, 0.3) is 0 Å². The second-order valence-corrected chi connectivity index (χ2v) is 8.73. The molecule has 3 rings (SSSR count). The number of hydrogen-bond acceptors (Lipinski definition) is 0. The minimum Gasteiger partial charge on any atom is -0.206 e. The summed E-state index contributed by atoms with van der Waals surface area (Å²) in [5, 5.41) is 0. The fourth-order valence-corrected chi connectivity index (χ4v) is 4.46. The summed E-state index contributed by atoms with van der Waals surface area (Å²) in [6, 6.07) is 5.80. The lowest BCUT2D eigenvalue weighted by Crippen LogP contribution is -2.15. The molecule has 0 saturated heterocycles. The van der Waals surface area contributed by atoms with E-state index >= 15 is 0 Å². The fraction of sp³-hybridized carbons (Fsp3) is 0.481. The zero-order valence-corrected chi connectivity index (χ0v) is 18.1. The van der Waals surface area contributed by atoms with Gasteiger partial charge in [0, 0.05) is 5.56 Å². The van der Waals surface area contributed by atoms with Crippen molar-refractivity contribution in [2.24, 2.45) is 11.8 Å². The van der Waals surface area contributed by atoms with Crippen molar-refractivity contribution < 1.29 is 17.6 Å². The lowest BCUT2D eigenvalue weighted by atomic mass is 9.78. The topological polar surface area (TPSA) is 0 Å². The van der Waals surface area contributed by atoms with Gasteiger partial charge in [-0.25, -0.2) is 17.6 Å². The number of aryl methyl sites for hydroxylation is 1. The van der Waals surface area contributed by atoms with Crippen LogP contribution in [0.5, 0.6) is 0 Å². The van der Waals surface area contributed by atoms with Crippen LogP contribution in [0.15, 0.2) is 30.3 Å². The minimum absolute atomic E-state index is 0.159. The molecule has 2 aromatic rings. The Hall–Kier alpha value is -2.28. The molecule has 0 nitrogen and oxygen atoms in total. The van der Waals surface area contributed by atoms with Gasteiger partial charge < -0.3 is 0 Å². The molecule has 1 aliphatic rings. The SMILES string of the molecule is CCCCC[C@H]1CC[C@H](CCc2cc(F)c(C#Cc3ccc(F)c(F)c3)c(F)c2)CC1. The zero-order chi connectivity index (χ0) is 22.2. The Morgan fingerprint density at radius 1 is 0.742 bits per heavy atom. The van der Waals surface area contributed by atoms with E-state index in [2.05, 4.69) is 18.8 Å². The first-order valence-electron chi connectivity index (χ1n) is 11.4. The molecule has 0 spiro atoms. The van der Waals surface area contributed by atoms with Crippen molar-refractivity contribution in [3.05, 3.63) is 70.3 Å².